The lowest BCUT2D eigenvalue weighted by molar-refractivity contribution is -0.138. The van der Waals surface area contributed by atoms with Crippen LogP contribution in [0.3, 0.4) is 0 Å². The van der Waals surface area contributed by atoms with Crippen LogP contribution in [-0.4, -0.2) is 12.6 Å². The first-order valence-electron chi connectivity index (χ1n) is 6.59. The SMILES string of the molecule is CCCCOC(=O)/C(C#N)=C\c1ccccc1CC. The van der Waals surface area contributed by atoms with Gasteiger partial charge in [0.1, 0.15) is 11.6 Å². The van der Waals surface area contributed by atoms with Crippen molar-refractivity contribution >= 4 is 12.0 Å². The molecule has 0 unspecified atom stereocenters. The minimum atomic E-state index is -0.540. The Kier molecular flexibility index (Phi) is 6.38. The summed E-state index contributed by atoms with van der Waals surface area (Å²) in [6.45, 7) is 4.43. The monoisotopic (exact) mass is 257 g/mol. The molecule has 3 nitrogen and oxygen atoms in total. The van der Waals surface area contributed by atoms with Gasteiger partial charge in [0.15, 0.2) is 0 Å². The van der Waals surface area contributed by atoms with Gasteiger partial charge in [-0.3, -0.25) is 0 Å². The van der Waals surface area contributed by atoms with Gasteiger partial charge in [-0.05, 0) is 30.0 Å². The molecule has 1 aromatic rings. The highest BCUT2D eigenvalue weighted by molar-refractivity contribution is 5.98. The standard InChI is InChI=1S/C16H19NO2/c1-3-5-10-19-16(18)15(12-17)11-14-9-7-6-8-13(14)4-2/h6-9,11H,3-5,10H2,1-2H3/b15-11-. The lowest BCUT2D eigenvalue weighted by Gasteiger charge is -2.05. The average molecular weight is 257 g/mol. The summed E-state index contributed by atoms with van der Waals surface area (Å²) >= 11 is 0. The van der Waals surface area contributed by atoms with Crippen LogP contribution < -0.4 is 0 Å². The van der Waals surface area contributed by atoms with Crippen molar-refractivity contribution in [3.8, 4) is 6.07 Å². The molecule has 1 rings (SSSR count). The summed E-state index contributed by atoms with van der Waals surface area (Å²) in [4.78, 5) is 11.7. The van der Waals surface area contributed by atoms with Crippen LogP contribution in [0.15, 0.2) is 29.8 Å². The van der Waals surface area contributed by atoms with Gasteiger partial charge in [-0.25, -0.2) is 4.79 Å². The molecule has 0 aromatic heterocycles. The Morgan fingerprint density at radius 2 is 2.11 bits per heavy atom. The second-order valence-electron chi connectivity index (χ2n) is 4.21. The Morgan fingerprint density at radius 3 is 2.74 bits per heavy atom. The third-order valence-electron chi connectivity index (χ3n) is 2.81. The fraction of sp³-hybridized carbons (Fsp3) is 0.375. The topological polar surface area (TPSA) is 50.1 Å². The normalized spacial score (nSPS) is 10.9. The van der Waals surface area contributed by atoms with Crippen molar-refractivity contribution in [3.63, 3.8) is 0 Å². The summed E-state index contributed by atoms with van der Waals surface area (Å²) in [6.07, 6.45) is 4.23. The largest absolute Gasteiger partial charge is 0.462 e. The lowest BCUT2D eigenvalue weighted by atomic mass is 10.0. The van der Waals surface area contributed by atoms with E-state index in [9.17, 15) is 4.79 Å². The van der Waals surface area contributed by atoms with E-state index in [0.29, 0.717) is 6.61 Å². The molecule has 0 N–H and O–H groups in total. The zero-order valence-electron chi connectivity index (χ0n) is 11.5. The minimum absolute atomic E-state index is 0.0528. The highest BCUT2D eigenvalue weighted by Gasteiger charge is 2.11. The van der Waals surface area contributed by atoms with Crippen molar-refractivity contribution in [1.29, 1.82) is 5.26 Å². The van der Waals surface area contributed by atoms with Gasteiger partial charge in [-0.15, -0.1) is 0 Å². The van der Waals surface area contributed by atoms with Gasteiger partial charge in [-0.1, -0.05) is 44.5 Å². The van der Waals surface area contributed by atoms with E-state index >= 15 is 0 Å². The molecule has 0 saturated heterocycles. The molecule has 0 atom stereocenters. The summed E-state index contributed by atoms with van der Waals surface area (Å²) in [7, 11) is 0. The number of benzene rings is 1. The third-order valence-corrected chi connectivity index (χ3v) is 2.81. The molecule has 0 heterocycles. The molecule has 0 aliphatic rings. The predicted molar refractivity (Wildman–Crippen MR) is 75.3 cm³/mol. The van der Waals surface area contributed by atoms with E-state index in [1.165, 1.54) is 0 Å². The van der Waals surface area contributed by atoms with E-state index in [-0.39, 0.29) is 5.57 Å². The van der Waals surface area contributed by atoms with Crippen LogP contribution in [-0.2, 0) is 16.0 Å². The highest BCUT2D eigenvalue weighted by Crippen LogP contribution is 2.14. The van der Waals surface area contributed by atoms with Gasteiger partial charge >= 0.3 is 5.97 Å². The Morgan fingerprint density at radius 1 is 1.37 bits per heavy atom. The van der Waals surface area contributed by atoms with E-state index < -0.39 is 5.97 Å². The number of ether oxygens (including phenoxy) is 1. The molecule has 0 fully saturated rings. The maximum atomic E-state index is 11.7. The fourth-order valence-electron chi connectivity index (χ4n) is 1.68. The first kappa shape index (κ1) is 15.0. The van der Waals surface area contributed by atoms with Crippen LogP contribution >= 0.6 is 0 Å². The molecule has 100 valence electrons. The first-order valence-corrected chi connectivity index (χ1v) is 6.59. The van der Waals surface area contributed by atoms with Crippen molar-refractivity contribution in [2.45, 2.75) is 33.1 Å². The molecular formula is C16H19NO2. The first-order chi connectivity index (χ1) is 9.22. The molecule has 0 radical (unpaired) electrons. The van der Waals surface area contributed by atoms with Crippen molar-refractivity contribution in [3.05, 3.63) is 41.0 Å². The number of carbonyl (C=O) groups is 1. The number of rotatable bonds is 6. The summed E-state index contributed by atoms with van der Waals surface area (Å²) in [6, 6.07) is 9.64. The molecular weight excluding hydrogens is 238 g/mol. The van der Waals surface area contributed by atoms with Gasteiger partial charge in [0.25, 0.3) is 0 Å². The molecule has 0 amide bonds. The molecule has 19 heavy (non-hydrogen) atoms. The second kappa shape index (κ2) is 8.10. The maximum Gasteiger partial charge on any atom is 0.348 e. The van der Waals surface area contributed by atoms with Crippen molar-refractivity contribution < 1.29 is 9.53 Å². The number of esters is 1. The van der Waals surface area contributed by atoms with E-state index in [0.717, 1.165) is 30.4 Å². The Hall–Kier alpha value is -2.08. The van der Waals surface area contributed by atoms with Gasteiger partial charge < -0.3 is 4.74 Å². The summed E-state index contributed by atoms with van der Waals surface area (Å²) in [5, 5.41) is 9.06. The maximum absolute atomic E-state index is 11.7. The Bertz CT molecular complexity index is 498. The smallest absolute Gasteiger partial charge is 0.348 e. The number of hydrogen-bond donors (Lipinski definition) is 0. The molecule has 1 aromatic carbocycles. The summed E-state index contributed by atoms with van der Waals surface area (Å²) < 4.78 is 5.05. The lowest BCUT2D eigenvalue weighted by Crippen LogP contribution is -2.08. The van der Waals surface area contributed by atoms with Crippen molar-refractivity contribution in [1.82, 2.24) is 0 Å². The van der Waals surface area contributed by atoms with Gasteiger partial charge in [-0.2, -0.15) is 5.26 Å². The molecule has 0 bridgehead atoms. The number of nitrogens with zero attached hydrogens (tertiary/aromatic N) is 1. The van der Waals surface area contributed by atoms with E-state index in [1.807, 2.05) is 44.2 Å². The third kappa shape index (κ3) is 4.59. The van der Waals surface area contributed by atoms with Gasteiger partial charge in [0.2, 0.25) is 0 Å². The highest BCUT2D eigenvalue weighted by atomic mass is 16.5. The average Bonchev–Trinajstić information content (AvgIpc) is 2.45. The molecule has 0 aliphatic heterocycles. The number of carbonyl (C=O) groups excluding carboxylic acids is 1. The molecule has 3 heteroatoms. The van der Waals surface area contributed by atoms with Crippen LogP contribution in [0.5, 0.6) is 0 Å². The molecule has 0 aliphatic carbocycles. The van der Waals surface area contributed by atoms with Crippen LogP contribution in [0.1, 0.15) is 37.8 Å². The zero-order chi connectivity index (χ0) is 14.1. The number of aryl methyl sites for hydroxylation is 1. The fourth-order valence-corrected chi connectivity index (χ4v) is 1.68. The summed E-state index contributed by atoms with van der Waals surface area (Å²) in [5.74, 6) is -0.540. The van der Waals surface area contributed by atoms with Gasteiger partial charge in [0, 0.05) is 0 Å². The van der Waals surface area contributed by atoms with Crippen molar-refractivity contribution in [2.75, 3.05) is 6.61 Å². The second-order valence-corrected chi connectivity index (χ2v) is 4.21. The number of unbranched alkanes of at least 4 members (excludes halogenated alkanes) is 1. The Labute approximate surface area is 114 Å². The van der Waals surface area contributed by atoms with E-state index in [1.54, 1.807) is 6.08 Å². The predicted octanol–water partition coefficient (Wildman–Crippen LogP) is 3.50. The van der Waals surface area contributed by atoms with Gasteiger partial charge in [0.05, 0.1) is 6.61 Å². The van der Waals surface area contributed by atoms with Crippen LogP contribution in [0, 0.1) is 11.3 Å². The number of nitriles is 1. The molecule has 0 spiro atoms. The van der Waals surface area contributed by atoms with Crippen LogP contribution in [0.2, 0.25) is 0 Å². The molecule has 0 saturated carbocycles. The Balaban J connectivity index is 2.87. The summed E-state index contributed by atoms with van der Waals surface area (Å²) in [5.41, 5.74) is 2.06. The quantitative estimate of drug-likeness (QED) is 0.339. The van der Waals surface area contributed by atoms with E-state index in [2.05, 4.69) is 0 Å². The van der Waals surface area contributed by atoms with Crippen molar-refractivity contribution in [2.24, 2.45) is 0 Å². The van der Waals surface area contributed by atoms with E-state index in [4.69, 9.17) is 10.00 Å². The number of hydrogen-bond acceptors (Lipinski definition) is 3. The van der Waals surface area contributed by atoms with Crippen LogP contribution in [0.25, 0.3) is 6.08 Å². The zero-order valence-corrected chi connectivity index (χ0v) is 11.5. The van der Waals surface area contributed by atoms with Crippen LogP contribution in [0.4, 0.5) is 0 Å². The minimum Gasteiger partial charge on any atom is -0.462 e.